The fourth-order valence-electron chi connectivity index (χ4n) is 2.15. The number of rotatable bonds is 1. The van der Waals surface area contributed by atoms with Crippen molar-refractivity contribution in [3.05, 3.63) is 64.7 Å². The van der Waals surface area contributed by atoms with E-state index in [1.807, 2.05) is 6.07 Å². The molecule has 0 spiro atoms. The number of nitriles is 1. The second kappa shape index (κ2) is 4.49. The first kappa shape index (κ1) is 12.9. The molecule has 2 aromatic rings. The number of hydrogen-bond donors (Lipinski definition) is 0. The highest BCUT2D eigenvalue weighted by Gasteiger charge is 2.37. The van der Waals surface area contributed by atoms with Crippen LogP contribution in [0.1, 0.15) is 26.3 Å². The second-order valence-electron chi connectivity index (χ2n) is 4.42. The zero-order valence-corrected chi connectivity index (χ0v) is 10.4. The van der Waals surface area contributed by atoms with Crippen LogP contribution in [0.4, 0.5) is 14.5 Å². The summed E-state index contributed by atoms with van der Waals surface area (Å²) in [5.74, 6) is -3.81. The molecule has 0 bridgehead atoms. The molecule has 21 heavy (non-hydrogen) atoms. The van der Waals surface area contributed by atoms with E-state index in [1.165, 1.54) is 24.3 Å². The average molecular weight is 284 g/mol. The zero-order valence-electron chi connectivity index (χ0n) is 10.4. The summed E-state index contributed by atoms with van der Waals surface area (Å²) in [5.41, 5.74) is 0.250. The lowest BCUT2D eigenvalue weighted by molar-refractivity contribution is 0.0926. The Labute approximate surface area is 117 Å². The number of imide groups is 1. The van der Waals surface area contributed by atoms with Crippen LogP contribution >= 0.6 is 0 Å². The predicted molar refractivity (Wildman–Crippen MR) is 68.7 cm³/mol. The van der Waals surface area contributed by atoms with Crippen LogP contribution in [0.5, 0.6) is 0 Å². The van der Waals surface area contributed by atoms with Crippen molar-refractivity contribution >= 4 is 17.5 Å². The maximum atomic E-state index is 13.2. The van der Waals surface area contributed by atoms with Gasteiger partial charge in [0.25, 0.3) is 11.8 Å². The summed E-state index contributed by atoms with van der Waals surface area (Å²) in [7, 11) is 0. The summed E-state index contributed by atoms with van der Waals surface area (Å²) < 4.78 is 26.4. The molecule has 2 amide bonds. The van der Waals surface area contributed by atoms with Gasteiger partial charge in [-0.25, -0.2) is 13.7 Å². The Kier molecular flexibility index (Phi) is 2.77. The minimum absolute atomic E-state index is 0.178. The van der Waals surface area contributed by atoms with E-state index in [1.54, 1.807) is 0 Å². The van der Waals surface area contributed by atoms with Gasteiger partial charge in [0.05, 0.1) is 28.4 Å². The van der Waals surface area contributed by atoms with Crippen molar-refractivity contribution in [1.82, 2.24) is 0 Å². The Morgan fingerprint density at radius 3 is 1.81 bits per heavy atom. The highest BCUT2D eigenvalue weighted by Crippen LogP contribution is 2.29. The number of amides is 2. The molecule has 0 aliphatic carbocycles. The maximum Gasteiger partial charge on any atom is 0.266 e. The van der Waals surface area contributed by atoms with Gasteiger partial charge >= 0.3 is 0 Å². The quantitative estimate of drug-likeness (QED) is 0.756. The number of carbonyl (C=O) groups excluding carboxylic acids is 2. The van der Waals surface area contributed by atoms with Gasteiger partial charge in [0.15, 0.2) is 11.6 Å². The molecule has 1 aliphatic rings. The van der Waals surface area contributed by atoms with Crippen LogP contribution in [0.25, 0.3) is 0 Å². The van der Waals surface area contributed by atoms with Gasteiger partial charge in [-0.1, -0.05) is 0 Å². The standard InChI is InChI=1S/C15H6F2N2O2/c16-12-5-10-11(6-13(12)17)15(21)19(14(10)20)9-3-1-8(7-18)2-4-9/h1-6H. The molecule has 3 rings (SSSR count). The summed E-state index contributed by atoms with van der Waals surface area (Å²) >= 11 is 0. The number of anilines is 1. The molecule has 0 saturated carbocycles. The molecule has 0 radical (unpaired) electrons. The number of fused-ring (bicyclic) bond motifs is 1. The van der Waals surface area contributed by atoms with Gasteiger partial charge in [0.2, 0.25) is 0 Å². The van der Waals surface area contributed by atoms with Gasteiger partial charge in [-0.2, -0.15) is 5.26 Å². The molecule has 1 heterocycles. The van der Waals surface area contributed by atoms with Gasteiger partial charge in [-0.3, -0.25) is 9.59 Å². The van der Waals surface area contributed by atoms with E-state index < -0.39 is 23.4 Å². The SMILES string of the molecule is N#Cc1ccc(N2C(=O)c3cc(F)c(F)cc3C2=O)cc1. The van der Waals surface area contributed by atoms with Crippen molar-refractivity contribution in [3.63, 3.8) is 0 Å². The first-order valence-corrected chi connectivity index (χ1v) is 5.91. The topological polar surface area (TPSA) is 61.2 Å². The van der Waals surface area contributed by atoms with Crippen LogP contribution in [0.2, 0.25) is 0 Å². The van der Waals surface area contributed by atoms with E-state index in [9.17, 15) is 18.4 Å². The Balaban J connectivity index is 2.09. The lowest BCUT2D eigenvalue weighted by atomic mass is 10.1. The van der Waals surface area contributed by atoms with Crippen molar-refractivity contribution < 1.29 is 18.4 Å². The van der Waals surface area contributed by atoms with Crippen molar-refractivity contribution in [2.75, 3.05) is 4.90 Å². The number of halogens is 2. The van der Waals surface area contributed by atoms with E-state index in [0.29, 0.717) is 17.7 Å². The number of carbonyl (C=O) groups is 2. The molecule has 0 aromatic heterocycles. The van der Waals surface area contributed by atoms with Gasteiger partial charge in [0, 0.05) is 0 Å². The molecule has 6 heteroatoms. The van der Waals surface area contributed by atoms with Crippen LogP contribution in [-0.4, -0.2) is 11.8 Å². The number of benzene rings is 2. The van der Waals surface area contributed by atoms with E-state index in [4.69, 9.17) is 5.26 Å². The number of nitrogens with zero attached hydrogens (tertiary/aromatic N) is 2. The average Bonchev–Trinajstić information content (AvgIpc) is 2.72. The lowest BCUT2D eigenvalue weighted by Crippen LogP contribution is -2.29. The monoisotopic (exact) mass is 284 g/mol. The van der Waals surface area contributed by atoms with Crippen LogP contribution in [0, 0.1) is 23.0 Å². The molecule has 102 valence electrons. The number of hydrogen-bond acceptors (Lipinski definition) is 3. The molecule has 0 N–H and O–H groups in total. The molecular formula is C15H6F2N2O2. The Morgan fingerprint density at radius 2 is 1.38 bits per heavy atom. The van der Waals surface area contributed by atoms with Crippen LogP contribution < -0.4 is 4.90 Å². The third-order valence-corrected chi connectivity index (χ3v) is 3.18. The minimum Gasteiger partial charge on any atom is -0.268 e. The molecular weight excluding hydrogens is 278 g/mol. The van der Waals surface area contributed by atoms with E-state index in [-0.39, 0.29) is 16.8 Å². The zero-order chi connectivity index (χ0) is 15.1. The van der Waals surface area contributed by atoms with E-state index >= 15 is 0 Å². The molecule has 0 atom stereocenters. The molecule has 2 aromatic carbocycles. The van der Waals surface area contributed by atoms with E-state index in [2.05, 4.69) is 0 Å². The maximum absolute atomic E-state index is 13.2. The van der Waals surface area contributed by atoms with Crippen molar-refractivity contribution in [2.45, 2.75) is 0 Å². The highest BCUT2D eigenvalue weighted by molar-refractivity contribution is 6.34. The largest absolute Gasteiger partial charge is 0.268 e. The molecule has 0 fully saturated rings. The van der Waals surface area contributed by atoms with Crippen LogP contribution in [0.15, 0.2) is 36.4 Å². The van der Waals surface area contributed by atoms with Gasteiger partial charge in [-0.15, -0.1) is 0 Å². The summed E-state index contributed by atoms with van der Waals surface area (Å²) in [6.45, 7) is 0. The second-order valence-corrected chi connectivity index (χ2v) is 4.42. The van der Waals surface area contributed by atoms with Gasteiger partial charge in [-0.05, 0) is 36.4 Å². The van der Waals surface area contributed by atoms with Crippen molar-refractivity contribution in [3.8, 4) is 6.07 Å². The van der Waals surface area contributed by atoms with E-state index in [0.717, 1.165) is 4.90 Å². The fourth-order valence-corrected chi connectivity index (χ4v) is 2.15. The minimum atomic E-state index is -1.18. The molecule has 1 aliphatic heterocycles. The van der Waals surface area contributed by atoms with Crippen LogP contribution in [0.3, 0.4) is 0 Å². The lowest BCUT2D eigenvalue weighted by Gasteiger charge is -2.13. The summed E-state index contributed by atoms with van der Waals surface area (Å²) in [4.78, 5) is 25.2. The Bertz CT molecular complexity index is 782. The summed E-state index contributed by atoms with van der Waals surface area (Å²) in [5, 5.41) is 8.72. The summed E-state index contributed by atoms with van der Waals surface area (Å²) in [6.07, 6.45) is 0. The van der Waals surface area contributed by atoms with Gasteiger partial charge in [0.1, 0.15) is 0 Å². The summed E-state index contributed by atoms with van der Waals surface area (Å²) in [6, 6.07) is 9.08. The van der Waals surface area contributed by atoms with Crippen LogP contribution in [-0.2, 0) is 0 Å². The van der Waals surface area contributed by atoms with Gasteiger partial charge < -0.3 is 0 Å². The first-order valence-electron chi connectivity index (χ1n) is 5.91. The highest BCUT2D eigenvalue weighted by atomic mass is 19.2. The Morgan fingerprint density at radius 1 is 0.905 bits per heavy atom. The third kappa shape index (κ3) is 1.87. The first-order chi connectivity index (χ1) is 10.0. The van der Waals surface area contributed by atoms with Crippen molar-refractivity contribution in [1.29, 1.82) is 5.26 Å². The normalized spacial score (nSPS) is 13.3. The third-order valence-electron chi connectivity index (χ3n) is 3.18. The molecule has 0 unspecified atom stereocenters. The van der Waals surface area contributed by atoms with Crippen molar-refractivity contribution in [2.24, 2.45) is 0 Å². The molecule has 0 saturated heterocycles. The smallest absolute Gasteiger partial charge is 0.266 e. The predicted octanol–water partition coefficient (Wildman–Crippen LogP) is 2.64. The molecule has 4 nitrogen and oxygen atoms in total. The fraction of sp³-hybridized carbons (Fsp3) is 0. The Hall–Kier alpha value is -3.07.